The van der Waals surface area contributed by atoms with Crippen molar-refractivity contribution in [2.75, 3.05) is 7.05 Å². The number of halogens is 1. The Morgan fingerprint density at radius 3 is 2.83 bits per heavy atom. The molecule has 0 spiro atoms. The minimum atomic E-state index is -0.416. The highest BCUT2D eigenvalue weighted by molar-refractivity contribution is 5.61. The largest absolute Gasteiger partial charge is 0.307 e. The topological polar surface area (TPSA) is 29.1 Å². The lowest BCUT2D eigenvalue weighted by molar-refractivity contribution is -0.109. The molecule has 1 N–H and O–H groups in total. The number of hydrogen-bond acceptors (Lipinski definition) is 2. The summed E-state index contributed by atoms with van der Waals surface area (Å²) in [4.78, 5) is 10.5. The van der Waals surface area contributed by atoms with Gasteiger partial charge in [0.15, 0.2) is 0 Å². The maximum absolute atomic E-state index is 12.7. The zero-order valence-corrected chi connectivity index (χ0v) is 6.75. The van der Waals surface area contributed by atoms with E-state index in [1.807, 2.05) is 0 Å². The van der Waals surface area contributed by atoms with Crippen molar-refractivity contribution in [2.45, 2.75) is 6.04 Å². The van der Waals surface area contributed by atoms with Crippen molar-refractivity contribution >= 4 is 6.29 Å². The van der Waals surface area contributed by atoms with Crippen LogP contribution >= 0.6 is 0 Å². The standard InChI is InChI=1S/C9H10FNO/c1-11-9(6-12)7-3-2-4-8(10)5-7/h2-6,9,11H,1H3. The Labute approximate surface area is 70.4 Å². The lowest BCUT2D eigenvalue weighted by Gasteiger charge is -2.08. The molecular formula is C9H10FNO. The van der Waals surface area contributed by atoms with Gasteiger partial charge in [0.25, 0.3) is 0 Å². The molecule has 0 aliphatic carbocycles. The van der Waals surface area contributed by atoms with Crippen LogP contribution in [0, 0.1) is 5.82 Å². The van der Waals surface area contributed by atoms with Crippen LogP contribution in [0.1, 0.15) is 11.6 Å². The van der Waals surface area contributed by atoms with Crippen LogP contribution in [0.3, 0.4) is 0 Å². The second-order valence-corrected chi connectivity index (χ2v) is 2.46. The van der Waals surface area contributed by atoms with Crippen molar-refractivity contribution in [3.63, 3.8) is 0 Å². The van der Waals surface area contributed by atoms with Crippen LogP contribution in [-0.4, -0.2) is 13.3 Å². The first-order chi connectivity index (χ1) is 5.77. The fraction of sp³-hybridized carbons (Fsp3) is 0.222. The second-order valence-electron chi connectivity index (χ2n) is 2.46. The van der Waals surface area contributed by atoms with E-state index in [1.54, 1.807) is 19.2 Å². The highest BCUT2D eigenvalue weighted by Crippen LogP contribution is 2.10. The van der Waals surface area contributed by atoms with Crippen molar-refractivity contribution in [3.05, 3.63) is 35.6 Å². The summed E-state index contributed by atoms with van der Waals surface area (Å²) in [7, 11) is 1.66. The highest BCUT2D eigenvalue weighted by Gasteiger charge is 2.06. The lowest BCUT2D eigenvalue weighted by Crippen LogP contribution is -2.17. The summed E-state index contributed by atoms with van der Waals surface area (Å²) in [5, 5.41) is 2.76. The molecule has 0 aromatic heterocycles. The van der Waals surface area contributed by atoms with Crippen LogP contribution in [-0.2, 0) is 4.79 Å². The predicted octanol–water partition coefficient (Wildman–Crippen LogP) is 1.29. The SMILES string of the molecule is CNC(C=O)c1cccc(F)c1. The average molecular weight is 167 g/mol. The van der Waals surface area contributed by atoms with Crippen molar-refractivity contribution < 1.29 is 9.18 Å². The number of nitrogens with one attached hydrogen (secondary N) is 1. The predicted molar refractivity (Wildman–Crippen MR) is 44.3 cm³/mol. The van der Waals surface area contributed by atoms with E-state index in [-0.39, 0.29) is 5.82 Å². The summed E-state index contributed by atoms with van der Waals surface area (Å²) in [6.45, 7) is 0. The normalized spacial score (nSPS) is 12.5. The smallest absolute Gasteiger partial charge is 0.141 e. The number of likely N-dealkylation sites (N-methyl/N-ethyl adjacent to an activating group) is 1. The minimum Gasteiger partial charge on any atom is -0.307 e. The molecule has 0 radical (unpaired) electrons. The van der Waals surface area contributed by atoms with E-state index in [4.69, 9.17) is 0 Å². The van der Waals surface area contributed by atoms with Gasteiger partial charge in [-0.2, -0.15) is 0 Å². The van der Waals surface area contributed by atoms with E-state index in [2.05, 4.69) is 5.32 Å². The Morgan fingerprint density at radius 2 is 2.33 bits per heavy atom. The van der Waals surface area contributed by atoms with Gasteiger partial charge < -0.3 is 10.1 Å². The van der Waals surface area contributed by atoms with Gasteiger partial charge in [-0.1, -0.05) is 12.1 Å². The fourth-order valence-electron chi connectivity index (χ4n) is 1.01. The molecule has 1 atom stereocenters. The summed E-state index contributed by atoms with van der Waals surface area (Å²) in [5.74, 6) is -0.324. The molecule has 0 saturated heterocycles. The van der Waals surface area contributed by atoms with E-state index in [1.165, 1.54) is 12.1 Å². The quantitative estimate of drug-likeness (QED) is 0.687. The van der Waals surface area contributed by atoms with Gasteiger partial charge in [0, 0.05) is 0 Å². The molecule has 0 heterocycles. The van der Waals surface area contributed by atoms with Crippen LogP contribution < -0.4 is 5.32 Å². The van der Waals surface area contributed by atoms with Gasteiger partial charge in [0.1, 0.15) is 12.1 Å². The van der Waals surface area contributed by atoms with Crippen molar-refractivity contribution in [2.24, 2.45) is 0 Å². The van der Waals surface area contributed by atoms with Crippen LogP contribution in [0.4, 0.5) is 4.39 Å². The van der Waals surface area contributed by atoms with Crippen molar-refractivity contribution in [1.82, 2.24) is 5.32 Å². The summed E-state index contributed by atoms with van der Waals surface area (Å²) in [6.07, 6.45) is 0.745. The summed E-state index contributed by atoms with van der Waals surface area (Å²) >= 11 is 0. The first-order valence-corrected chi connectivity index (χ1v) is 3.66. The Hall–Kier alpha value is -1.22. The molecule has 12 heavy (non-hydrogen) atoms. The number of rotatable bonds is 3. The molecule has 1 rings (SSSR count). The number of benzene rings is 1. The van der Waals surface area contributed by atoms with E-state index in [9.17, 15) is 9.18 Å². The lowest BCUT2D eigenvalue weighted by atomic mass is 10.1. The van der Waals surface area contributed by atoms with E-state index >= 15 is 0 Å². The van der Waals surface area contributed by atoms with Gasteiger partial charge >= 0.3 is 0 Å². The number of carbonyl (C=O) groups is 1. The van der Waals surface area contributed by atoms with Crippen molar-refractivity contribution in [3.8, 4) is 0 Å². The Balaban J connectivity index is 2.93. The molecule has 3 heteroatoms. The summed E-state index contributed by atoms with van der Waals surface area (Å²) in [5.41, 5.74) is 0.646. The molecule has 0 bridgehead atoms. The average Bonchev–Trinajstić information content (AvgIpc) is 2.07. The van der Waals surface area contributed by atoms with Gasteiger partial charge in [-0.15, -0.1) is 0 Å². The molecule has 0 saturated carbocycles. The summed E-state index contributed by atoms with van der Waals surface area (Å²) < 4.78 is 12.7. The number of aldehydes is 1. The summed E-state index contributed by atoms with van der Waals surface area (Å²) in [6, 6.07) is 5.56. The van der Waals surface area contributed by atoms with Crippen molar-refractivity contribution in [1.29, 1.82) is 0 Å². The zero-order chi connectivity index (χ0) is 8.97. The third kappa shape index (κ3) is 1.89. The third-order valence-corrected chi connectivity index (χ3v) is 1.65. The molecule has 0 aliphatic heterocycles. The van der Waals surface area contributed by atoms with E-state index < -0.39 is 6.04 Å². The van der Waals surface area contributed by atoms with E-state index in [0.717, 1.165) is 6.29 Å². The van der Waals surface area contributed by atoms with Gasteiger partial charge in [0.05, 0.1) is 6.04 Å². The van der Waals surface area contributed by atoms with Crippen LogP contribution in [0.2, 0.25) is 0 Å². The molecule has 2 nitrogen and oxygen atoms in total. The number of hydrogen-bond donors (Lipinski definition) is 1. The van der Waals surface area contributed by atoms with Gasteiger partial charge in [0.2, 0.25) is 0 Å². The second kappa shape index (κ2) is 3.97. The van der Waals surface area contributed by atoms with Gasteiger partial charge in [-0.3, -0.25) is 0 Å². The van der Waals surface area contributed by atoms with Crippen LogP contribution in [0.25, 0.3) is 0 Å². The highest BCUT2D eigenvalue weighted by atomic mass is 19.1. The van der Waals surface area contributed by atoms with Gasteiger partial charge in [-0.05, 0) is 24.7 Å². The third-order valence-electron chi connectivity index (χ3n) is 1.65. The van der Waals surface area contributed by atoms with Crippen LogP contribution in [0.5, 0.6) is 0 Å². The molecule has 1 unspecified atom stereocenters. The first kappa shape index (κ1) is 8.87. The Morgan fingerprint density at radius 1 is 1.58 bits per heavy atom. The molecule has 0 aliphatic rings. The molecule has 1 aromatic rings. The van der Waals surface area contributed by atoms with E-state index in [0.29, 0.717) is 5.56 Å². The minimum absolute atomic E-state index is 0.324. The maximum atomic E-state index is 12.7. The zero-order valence-electron chi connectivity index (χ0n) is 6.75. The Kier molecular flexibility index (Phi) is 2.94. The first-order valence-electron chi connectivity index (χ1n) is 3.66. The molecule has 0 fully saturated rings. The maximum Gasteiger partial charge on any atom is 0.141 e. The molecule has 64 valence electrons. The molecule has 1 aromatic carbocycles. The van der Waals surface area contributed by atoms with Gasteiger partial charge in [-0.25, -0.2) is 4.39 Å². The monoisotopic (exact) mass is 167 g/mol. The Bertz CT molecular complexity index is 275. The molecular weight excluding hydrogens is 157 g/mol. The van der Waals surface area contributed by atoms with Crippen LogP contribution in [0.15, 0.2) is 24.3 Å². The number of carbonyl (C=O) groups excluding carboxylic acids is 1. The fourth-order valence-corrected chi connectivity index (χ4v) is 1.01. The molecule has 0 amide bonds.